The van der Waals surface area contributed by atoms with Crippen molar-refractivity contribution in [2.45, 2.75) is 31.2 Å². The van der Waals surface area contributed by atoms with Crippen LogP contribution in [0.3, 0.4) is 0 Å². The van der Waals surface area contributed by atoms with Gasteiger partial charge in [0.2, 0.25) is 0 Å². The van der Waals surface area contributed by atoms with Crippen molar-refractivity contribution in [3.63, 3.8) is 0 Å². The first-order chi connectivity index (χ1) is 7.28. The van der Waals surface area contributed by atoms with Gasteiger partial charge in [-0.1, -0.05) is 6.08 Å². The zero-order valence-corrected chi connectivity index (χ0v) is 8.76. The van der Waals surface area contributed by atoms with E-state index in [0.717, 1.165) is 0 Å². The van der Waals surface area contributed by atoms with Crippen LogP contribution in [0.15, 0.2) is 12.7 Å². The van der Waals surface area contributed by atoms with Gasteiger partial charge in [-0.15, -0.1) is 6.58 Å². The minimum absolute atomic E-state index is 0.155. The van der Waals surface area contributed by atoms with Gasteiger partial charge in [0, 0.05) is 19.4 Å². The Bertz CT molecular complexity index is 243. The van der Waals surface area contributed by atoms with E-state index in [1.54, 1.807) is 0 Å². The lowest BCUT2D eigenvalue weighted by Gasteiger charge is -2.15. The number of nitrogens with one attached hydrogen (secondary N) is 1. The smallest absolute Gasteiger partial charge is 0.378 e. The van der Waals surface area contributed by atoms with Crippen molar-refractivity contribution >= 4 is 5.91 Å². The fourth-order valence-corrected chi connectivity index (χ4v) is 0.998. The first-order valence-corrected chi connectivity index (χ1v) is 4.74. The molecular weight excluding hydrogens is 225 g/mol. The Balaban J connectivity index is 4.02. The molecule has 0 saturated carbocycles. The summed E-state index contributed by atoms with van der Waals surface area (Å²) in [4.78, 5) is 11.1. The van der Waals surface area contributed by atoms with Gasteiger partial charge in [-0.3, -0.25) is 4.79 Å². The second-order valence-electron chi connectivity index (χ2n) is 3.39. The highest BCUT2D eigenvalue weighted by molar-refractivity contribution is 5.81. The Morgan fingerprint density at radius 2 is 2.12 bits per heavy atom. The van der Waals surface area contributed by atoms with Crippen molar-refractivity contribution in [3.8, 4) is 0 Å². The summed E-state index contributed by atoms with van der Waals surface area (Å²) in [6, 6.07) is -0.980. The van der Waals surface area contributed by atoms with Crippen molar-refractivity contribution in [2.24, 2.45) is 0 Å². The third-order valence-corrected chi connectivity index (χ3v) is 1.93. The molecule has 2 unspecified atom stereocenters. The van der Waals surface area contributed by atoms with Crippen molar-refractivity contribution in [1.29, 1.82) is 0 Å². The molecule has 7 heteroatoms. The molecule has 2 atom stereocenters. The average Bonchev–Trinajstić information content (AvgIpc) is 2.20. The molecule has 1 amide bonds. The minimum Gasteiger partial charge on any atom is -0.378 e. The molecule has 0 saturated heterocycles. The SMILES string of the molecule is C=CCNC(=O)C(O)C([NH3+])CCC(F)(F)F. The van der Waals surface area contributed by atoms with Crippen LogP contribution in [0, 0.1) is 0 Å². The number of alkyl halides is 3. The van der Waals surface area contributed by atoms with Crippen molar-refractivity contribution in [1.82, 2.24) is 5.32 Å². The van der Waals surface area contributed by atoms with Crippen molar-refractivity contribution < 1.29 is 28.8 Å². The van der Waals surface area contributed by atoms with E-state index in [4.69, 9.17) is 0 Å². The standard InChI is InChI=1S/C9H15F3N2O2/c1-2-5-14-8(16)7(15)6(13)3-4-9(10,11)12/h2,6-7,15H,1,3-5,13H2,(H,14,16)/p+1. The summed E-state index contributed by atoms with van der Waals surface area (Å²) in [5, 5.41) is 11.6. The highest BCUT2D eigenvalue weighted by Crippen LogP contribution is 2.22. The summed E-state index contributed by atoms with van der Waals surface area (Å²) in [7, 11) is 0. The third kappa shape index (κ3) is 6.41. The van der Waals surface area contributed by atoms with Gasteiger partial charge < -0.3 is 16.2 Å². The monoisotopic (exact) mass is 241 g/mol. The molecule has 16 heavy (non-hydrogen) atoms. The predicted octanol–water partition coefficient (Wildman–Crippen LogP) is -0.398. The van der Waals surface area contributed by atoms with E-state index in [-0.39, 0.29) is 13.0 Å². The van der Waals surface area contributed by atoms with Crippen LogP contribution in [0.2, 0.25) is 0 Å². The van der Waals surface area contributed by atoms with Crippen molar-refractivity contribution in [2.75, 3.05) is 6.54 Å². The summed E-state index contributed by atoms with van der Waals surface area (Å²) in [5.74, 6) is -0.734. The molecular formula is C9H16F3N2O2+. The maximum absolute atomic E-state index is 11.9. The van der Waals surface area contributed by atoms with Crippen LogP contribution in [-0.2, 0) is 4.79 Å². The first kappa shape index (κ1) is 14.9. The number of hydrogen-bond acceptors (Lipinski definition) is 2. The first-order valence-electron chi connectivity index (χ1n) is 4.74. The Morgan fingerprint density at radius 1 is 1.56 bits per heavy atom. The molecule has 0 bridgehead atoms. The molecule has 0 aliphatic heterocycles. The number of hydrogen-bond donors (Lipinski definition) is 3. The number of amides is 1. The van der Waals surface area contributed by atoms with Crippen LogP contribution in [-0.4, -0.2) is 35.9 Å². The molecule has 0 radical (unpaired) electrons. The van der Waals surface area contributed by atoms with Crippen LogP contribution in [0.5, 0.6) is 0 Å². The summed E-state index contributed by atoms with van der Waals surface area (Å²) in [6.45, 7) is 3.50. The second kappa shape index (κ2) is 6.49. The van der Waals surface area contributed by atoms with Gasteiger partial charge in [-0.25, -0.2) is 0 Å². The molecule has 94 valence electrons. The lowest BCUT2D eigenvalue weighted by molar-refractivity contribution is -0.436. The Hall–Kier alpha value is -1.08. The van der Waals surface area contributed by atoms with Gasteiger partial charge in [-0.05, 0) is 0 Å². The molecule has 0 aliphatic carbocycles. The van der Waals surface area contributed by atoms with E-state index in [1.165, 1.54) is 6.08 Å². The quantitative estimate of drug-likeness (QED) is 0.553. The number of carbonyl (C=O) groups is 1. The molecule has 0 aromatic carbocycles. The summed E-state index contributed by atoms with van der Waals surface area (Å²) in [6.07, 6.45) is -5.87. The second-order valence-corrected chi connectivity index (χ2v) is 3.39. The topological polar surface area (TPSA) is 77.0 Å². The molecule has 5 N–H and O–H groups in total. The lowest BCUT2D eigenvalue weighted by Crippen LogP contribution is -2.69. The highest BCUT2D eigenvalue weighted by Gasteiger charge is 2.32. The van der Waals surface area contributed by atoms with Crippen LogP contribution in [0.1, 0.15) is 12.8 Å². The predicted molar refractivity (Wildman–Crippen MR) is 51.2 cm³/mol. The summed E-state index contributed by atoms with van der Waals surface area (Å²) in [5.41, 5.74) is 3.33. The zero-order valence-electron chi connectivity index (χ0n) is 8.76. The van der Waals surface area contributed by atoms with Crippen LogP contribution < -0.4 is 11.1 Å². The summed E-state index contributed by atoms with van der Waals surface area (Å²) < 4.78 is 35.6. The van der Waals surface area contributed by atoms with E-state index < -0.39 is 30.7 Å². The fraction of sp³-hybridized carbons (Fsp3) is 0.667. The van der Waals surface area contributed by atoms with Crippen LogP contribution in [0.4, 0.5) is 13.2 Å². The van der Waals surface area contributed by atoms with E-state index in [0.29, 0.717) is 0 Å². The third-order valence-electron chi connectivity index (χ3n) is 1.93. The number of aliphatic hydroxyl groups excluding tert-OH is 1. The molecule has 0 fully saturated rings. The van der Waals surface area contributed by atoms with Gasteiger partial charge >= 0.3 is 6.18 Å². The van der Waals surface area contributed by atoms with Gasteiger partial charge in [0.15, 0.2) is 6.10 Å². The maximum atomic E-state index is 11.9. The van der Waals surface area contributed by atoms with E-state index in [2.05, 4.69) is 17.6 Å². The number of carbonyl (C=O) groups excluding carboxylic acids is 1. The molecule has 0 aromatic heterocycles. The van der Waals surface area contributed by atoms with E-state index >= 15 is 0 Å². The normalized spacial score (nSPS) is 15.3. The minimum atomic E-state index is -4.30. The molecule has 0 aromatic rings. The molecule has 4 nitrogen and oxygen atoms in total. The molecule has 0 spiro atoms. The zero-order chi connectivity index (χ0) is 12.8. The number of aliphatic hydroxyl groups is 1. The van der Waals surface area contributed by atoms with Gasteiger partial charge in [-0.2, -0.15) is 13.2 Å². The van der Waals surface area contributed by atoms with Gasteiger partial charge in [0.1, 0.15) is 6.04 Å². The van der Waals surface area contributed by atoms with Crippen LogP contribution >= 0.6 is 0 Å². The average molecular weight is 241 g/mol. The molecule has 0 aliphatic rings. The van der Waals surface area contributed by atoms with Gasteiger partial charge in [0.05, 0.1) is 0 Å². The van der Waals surface area contributed by atoms with Crippen molar-refractivity contribution in [3.05, 3.63) is 12.7 Å². The highest BCUT2D eigenvalue weighted by atomic mass is 19.4. The Morgan fingerprint density at radius 3 is 2.56 bits per heavy atom. The van der Waals surface area contributed by atoms with Crippen LogP contribution in [0.25, 0.3) is 0 Å². The number of quaternary nitrogens is 1. The lowest BCUT2D eigenvalue weighted by atomic mass is 10.1. The fourth-order valence-electron chi connectivity index (χ4n) is 0.998. The molecule has 0 heterocycles. The Kier molecular flexibility index (Phi) is 6.05. The van der Waals surface area contributed by atoms with E-state index in [9.17, 15) is 23.1 Å². The Labute approximate surface area is 91.3 Å². The molecule has 0 rings (SSSR count). The summed E-state index contributed by atoms with van der Waals surface area (Å²) >= 11 is 0. The largest absolute Gasteiger partial charge is 0.389 e. The maximum Gasteiger partial charge on any atom is 0.389 e. The van der Waals surface area contributed by atoms with E-state index in [1.807, 2.05) is 0 Å². The number of halogens is 3. The number of rotatable bonds is 6. The van der Waals surface area contributed by atoms with Gasteiger partial charge in [0.25, 0.3) is 5.91 Å².